The molecular formula is C69H57N5. The highest BCUT2D eigenvalue weighted by Gasteiger charge is 2.44. The van der Waals surface area contributed by atoms with Crippen LogP contribution in [0.2, 0.25) is 0 Å². The van der Waals surface area contributed by atoms with Gasteiger partial charge in [0.25, 0.3) is 0 Å². The Morgan fingerprint density at radius 2 is 0.595 bits per heavy atom. The number of fused-ring (bicyclic) bond motifs is 10. The van der Waals surface area contributed by atoms with E-state index in [0.29, 0.717) is 17.5 Å². The average Bonchev–Trinajstić information content (AvgIpc) is 3.93. The summed E-state index contributed by atoms with van der Waals surface area (Å²) >= 11 is 0. The highest BCUT2D eigenvalue weighted by molar-refractivity contribution is 6.12. The molecule has 0 unspecified atom stereocenters. The summed E-state index contributed by atoms with van der Waals surface area (Å²) in [6, 6.07) is 73.3. The van der Waals surface area contributed by atoms with Gasteiger partial charge in [-0.1, -0.05) is 195 Å². The molecule has 3 heterocycles. The fourth-order valence-corrected chi connectivity index (χ4v) is 13.4. The molecule has 0 amide bonds. The zero-order valence-corrected chi connectivity index (χ0v) is 43.3. The quantitative estimate of drug-likeness (QED) is 0.173. The number of benzene rings is 9. The molecule has 358 valence electrons. The summed E-state index contributed by atoms with van der Waals surface area (Å²) < 4.78 is 4.90. The maximum atomic E-state index is 5.59. The van der Waals surface area contributed by atoms with E-state index in [2.05, 4.69) is 259 Å². The van der Waals surface area contributed by atoms with Crippen molar-refractivity contribution in [1.29, 1.82) is 0 Å². The minimum Gasteiger partial charge on any atom is -0.308 e. The van der Waals surface area contributed by atoms with Crippen LogP contribution in [0.3, 0.4) is 0 Å². The summed E-state index contributed by atoms with van der Waals surface area (Å²) in [6.45, 7) is 19.1. The minimum atomic E-state index is -0.217. The van der Waals surface area contributed by atoms with E-state index in [1.165, 1.54) is 66.1 Å². The molecule has 74 heavy (non-hydrogen) atoms. The lowest BCUT2D eigenvalue weighted by molar-refractivity contribution is 0.521. The van der Waals surface area contributed by atoms with Crippen molar-refractivity contribution >= 4 is 43.6 Å². The summed E-state index contributed by atoms with van der Waals surface area (Å²) in [4.78, 5) is 16.4. The van der Waals surface area contributed by atoms with E-state index >= 15 is 0 Å². The topological polar surface area (TPSA) is 48.5 Å². The van der Waals surface area contributed by atoms with E-state index in [4.69, 9.17) is 15.0 Å². The maximum absolute atomic E-state index is 5.59. The number of rotatable bonds is 5. The van der Waals surface area contributed by atoms with Crippen LogP contribution in [-0.4, -0.2) is 24.1 Å². The smallest absolute Gasteiger partial charge is 0.166 e. The first-order valence-electron chi connectivity index (χ1n) is 26.1. The molecule has 14 rings (SSSR count). The zero-order chi connectivity index (χ0) is 50.5. The molecule has 0 aliphatic heterocycles. The lowest BCUT2D eigenvalue weighted by Crippen LogP contribution is -2.36. The first-order chi connectivity index (χ1) is 35.7. The third-order valence-corrected chi connectivity index (χ3v) is 17.3. The van der Waals surface area contributed by atoms with Gasteiger partial charge in [0, 0.05) is 59.9 Å². The predicted octanol–water partition coefficient (Wildman–Crippen LogP) is 17.0. The lowest BCUT2D eigenvalue weighted by atomic mass is 9.60. The van der Waals surface area contributed by atoms with Gasteiger partial charge in [0.2, 0.25) is 0 Å². The molecule has 2 aliphatic carbocycles. The molecule has 0 radical (unpaired) electrons. The number of aromatic nitrogens is 5. The SMILES string of the molecule is CC1(C)c2ccccc2C(C)(C)c2cc3c(cc21)c1ccccc1n3-c1ccccc1-c1nc(-c2ccccc2)nc(-c2ccccc2-n2c3ccccc3c3cc4c(cc32)C(C)(C)c2ccccc2C4(C)C)n1. The Morgan fingerprint density at radius 1 is 0.270 bits per heavy atom. The van der Waals surface area contributed by atoms with E-state index in [0.717, 1.165) is 50.1 Å². The third-order valence-electron chi connectivity index (χ3n) is 17.3. The molecule has 0 bridgehead atoms. The minimum absolute atomic E-state index is 0.180. The average molecular weight is 956 g/mol. The normalized spacial score (nSPS) is 15.7. The number of nitrogens with zero attached hydrogens (tertiary/aromatic N) is 5. The summed E-state index contributed by atoms with van der Waals surface area (Å²) in [6.07, 6.45) is 0. The molecule has 12 aromatic rings. The highest BCUT2D eigenvalue weighted by atomic mass is 15.1. The lowest BCUT2D eigenvalue weighted by Gasteiger charge is -2.44. The highest BCUT2D eigenvalue weighted by Crippen LogP contribution is 2.54. The second kappa shape index (κ2) is 15.6. The monoisotopic (exact) mass is 955 g/mol. The van der Waals surface area contributed by atoms with E-state index in [1.807, 2.05) is 6.07 Å². The van der Waals surface area contributed by atoms with Crippen LogP contribution >= 0.6 is 0 Å². The van der Waals surface area contributed by atoms with E-state index < -0.39 is 0 Å². The molecule has 3 aromatic heterocycles. The second-order valence-electron chi connectivity index (χ2n) is 22.8. The Balaban J connectivity index is 1.00. The Hall–Kier alpha value is -8.41. The molecule has 0 N–H and O–H groups in total. The van der Waals surface area contributed by atoms with Gasteiger partial charge in [-0.2, -0.15) is 0 Å². The molecule has 0 saturated carbocycles. The Bertz CT molecular complexity index is 4060. The molecule has 0 fully saturated rings. The van der Waals surface area contributed by atoms with Crippen LogP contribution in [0.5, 0.6) is 0 Å². The largest absolute Gasteiger partial charge is 0.308 e. The Morgan fingerprint density at radius 3 is 1.01 bits per heavy atom. The molecule has 0 saturated heterocycles. The zero-order valence-electron chi connectivity index (χ0n) is 43.3. The van der Waals surface area contributed by atoms with Crippen LogP contribution in [0.25, 0.3) is 89.2 Å². The van der Waals surface area contributed by atoms with Gasteiger partial charge in [-0.05, 0) is 105 Å². The molecule has 9 aromatic carbocycles. The van der Waals surface area contributed by atoms with Gasteiger partial charge in [-0.25, -0.2) is 15.0 Å². The number of hydrogen-bond donors (Lipinski definition) is 0. The molecule has 0 spiro atoms. The molecular weight excluding hydrogens is 899 g/mol. The summed E-state index contributed by atoms with van der Waals surface area (Å²) in [5, 5.41) is 4.89. The molecule has 0 atom stereocenters. The van der Waals surface area contributed by atoms with Gasteiger partial charge in [0.05, 0.1) is 33.4 Å². The first kappa shape index (κ1) is 44.3. The second-order valence-corrected chi connectivity index (χ2v) is 22.8. The summed E-state index contributed by atoms with van der Waals surface area (Å²) in [5.74, 6) is 1.84. The van der Waals surface area contributed by atoms with Gasteiger partial charge < -0.3 is 9.13 Å². The predicted molar refractivity (Wildman–Crippen MR) is 306 cm³/mol. The van der Waals surface area contributed by atoms with Crippen molar-refractivity contribution in [3.8, 4) is 45.5 Å². The number of para-hydroxylation sites is 4. The maximum Gasteiger partial charge on any atom is 0.166 e. The van der Waals surface area contributed by atoms with Crippen LogP contribution in [0.15, 0.2) is 200 Å². The van der Waals surface area contributed by atoms with Gasteiger partial charge >= 0.3 is 0 Å². The first-order valence-corrected chi connectivity index (χ1v) is 26.1. The van der Waals surface area contributed by atoms with E-state index in [1.54, 1.807) is 0 Å². The van der Waals surface area contributed by atoms with Crippen LogP contribution in [0.4, 0.5) is 0 Å². The Labute approximate surface area is 432 Å². The fraction of sp³-hybridized carbons (Fsp3) is 0.174. The van der Waals surface area contributed by atoms with Crippen molar-refractivity contribution in [3.05, 3.63) is 245 Å². The number of hydrogen-bond acceptors (Lipinski definition) is 3. The van der Waals surface area contributed by atoms with Crippen LogP contribution < -0.4 is 0 Å². The third kappa shape index (κ3) is 6.13. The van der Waals surface area contributed by atoms with Crippen molar-refractivity contribution in [3.63, 3.8) is 0 Å². The molecule has 5 heteroatoms. The van der Waals surface area contributed by atoms with Crippen molar-refractivity contribution in [2.45, 2.75) is 77.0 Å². The van der Waals surface area contributed by atoms with Gasteiger partial charge in [0.1, 0.15) is 0 Å². The van der Waals surface area contributed by atoms with E-state index in [9.17, 15) is 0 Å². The van der Waals surface area contributed by atoms with Crippen molar-refractivity contribution in [1.82, 2.24) is 24.1 Å². The summed E-state index contributed by atoms with van der Waals surface area (Å²) in [7, 11) is 0. The van der Waals surface area contributed by atoms with Gasteiger partial charge in [-0.3, -0.25) is 0 Å². The van der Waals surface area contributed by atoms with E-state index in [-0.39, 0.29) is 21.7 Å². The standard InChI is InChI=1S/C69H57N5/c1-66(2)49-30-16-18-32-51(49)68(5,6)55-40-61-47(38-53(55)66)43-26-12-20-34-57(43)73(61)59-36-22-14-28-45(59)64-70-63(42-24-10-9-11-25-42)71-65(72-64)46-29-15-23-37-60(46)74-58-35-21-13-27-44(58)48-39-54-56(41-62(48)74)69(7,8)52-33-19-17-31-50(52)67(54,3)4/h9-41H,1-8H3. The Kier molecular flexibility index (Phi) is 9.31. The van der Waals surface area contributed by atoms with Crippen molar-refractivity contribution in [2.75, 3.05) is 0 Å². The van der Waals surface area contributed by atoms with Gasteiger partial charge in [0.15, 0.2) is 17.5 Å². The fourth-order valence-electron chi connectivity index (χ4n) is 13.4. The van der Waals surface area contributed by atoms with Crippen LogP contribution in [0, 0.1) is 0 Å². The van der Waals surface area contributed by atoms with Crippen molar-refractivity contribution < 1.29 is 0 Å². The molecule has 2 aliphatic rings. The van der Waals surface area contributed by atoms with Crippen LogP contribution in [-0.2, 0) is 21.7 Å². The van der Waals surface area contributed by atoms with Crippen molar-refractivity contribution in [2.24, 2.45) is 0 Å². The molecule has 5 nitrogen and oxygen atoms in total. The van der Waals surface area contributed by atoms with Crippen LogP contribution in [0.1, 0.15) is 99.9 Å². The summed E-state index contributed by atoms with van der Waals surface area (Å²) in [5.41, 5.74) is 19.6. The van der Waals surface area contributed by atoms with Gasteiger partial charge in [-0.15, -0.1) is 0 Å².